The van der Waals surface area contributed by atoms with Crippen molar-refractivity contribution in [2.45, 2.75) is 29.6 Å². The number of hydrogen-bond donors (Lipinski definition) is 1. The molecule has 112 valence electrons. The van der Waals surface area contributed by atoms with E-state index in [1.54, 1.807) is 0 Å². The summed E-state index contributed by atoms with van der Waals surface area (Å²) in [5.41, 5.74) is 5.52. The molecule has 20 heavy (non-hydrogen) atoms. The van der Waals surface area contributed by atoms with Gasteiger partial charge in [0.25, 0.3) is 0 Å². The van der Waals surface area contributed by atoms with E-state index in [-0.39, 0.29) is 12.3 Å². The maximum absolute atomic E-state index is 14.3. The quantitative estimate of drug-likeness (QED) is 0.920. The van der Waals surface area contributed by atoms with E-state index in [4.69, 9.17) is 10.5 Å². The number of rotatable bonds is 4. The summed E-state index contributed by atoms with van der Waals surface area (Å²) < 4.78 is 56.3. The van der Waals surface area contributed by atoms with Crippen molar-refractivity contribution in [3.63, 3.8) is 0 Å². The van der Waals surface area contributed by atoms with E-state index < -0.39 is 31.8 Å². The molecule has 2 rings (SSSR count). The normalized spacial score (nSPS) is 17.6. The molecular formula is C13H17F2NO3S. The molecule has 1 saturated carbocycles. The Morgan fingerprint density at radius 2 is 2.00 bits per heavy atom. The molecule has 1 aromatic rings. The van der Waals surface area contributed by atoms with Crippen LogP contribution in [0.3, 0.4) is 0 Å². The van der Waals surface area contributed by atoms with Gasteiger partial charge in [-0.25, -0.2) is 17.2 Å². The summed E-state index contributed by atoms with van der Waals surface area (Å²) in [4.78, 5) is -0.954. The van der Waals surface area contributed by atoms with Crippen molar-refractivity contribution < 1.29 is 21.9 Å². The molecule has 0 aromatic heterocycles. The molecule has 0 bridgehead atoms. The van der Waals surface area contributed by atoms with Crippen LogP contribution in [0, 0.1) is 11.6 Å². The molecular weight excluding hydrogens is 288 g/mol. The first kappa shape index (κ1) is 15.2. The van der Waals surface area contributed by atoms with Gasteiger partial charge in [0.2, 0.25) is 0 Å². The van der Waals surface area contributed by atoms with Crippen LogP contribution in [0.2, 0.25) is 0 Å². The van der Waals surface area contributed by atoms with Gasteiger partial charge in [0.05, 0.1) is 7.11 Å². The smallest absolute Gasteiger partial charge is 0.186 e. The van der Waals surface area contributed by atoms with Crippen LogP contribution in [-0.2, 0) is 15.3 Å². The fourth-order valence-electron chi connectivity index (χ4n) is 2.70. The zero-order valence-electron chi connectivity index (χ0n) is 11.4. The molecule has 1 aromatic carbocycles. The van der Waals surface area contributed by atoms with Crippen molar-refractivity contribution in [2.75, 3.05) is 19.9 Å². The van der Waals surface area contributed by atoms with E-state index >= 15 is 0 Å². The van der Waals surface area contributed by atoms with Crippen LogP contribution >= 0.6 is 0 Å². The van der Waals surface area contributed by atoms with Gasteiger partial charge in [-0.3, -0.25) is 0 Å². The van der Waals surface area contributed by atoms with Gasteiger partial charge in [-0.1, -0.05) is 6.42 Å². The molecule has 2 N–H and O–H groups in total. The zero-order chi connectivity index (χ0) is 15.1. The minimum Gasteiger partial charge on any atom is -0.493 e. The van der Waals surface area contributed by atoms with Gasteiger partial charge in [-0.15, -0.1) is 0 Å². The summed E-state index contributed by atoms with van der Waals surface area (Å²) in [7, 11) is -2.78. The van der Waals surface area contributed by atoms with E-state index in [0.717, 1.165) is 18.7 Å². The number of sulfone groups is 1. The van der Waals surface area contributed by atoms with Gasteiger partial charge in [0.1, 0.15) is 10.7 Å². The first-order valence-electron chi connectivity index (χ1n) is 6.23. The van der Waals surface area contributed by atoms with Gasteiger partial charge < -0.3 is 10.5 Å². The standard InChI is InChI=1S/C13H17F2NO3S/c1-19-11-8(13(7-16)4-3-5-13)6-9(14)12(10(11)15)20(2,17)18/h6H,3-5,7,16H2,1-2H3. The third-order valence-corrected chi connectivity index (χ3v) is 5.09. The minimum atomic E-state index is -4.02. The van der Waals surface area contributed by atoms with E-state index in [0.29, 0.717) is 18.4 Å². The lowest BCUT2D eigenvalue weighted by atomic mass is 9.64. The maximum Gasteiger partial charge on any atom is 0.186 e. The Hall–Kier alpha value is -1.21. The number of hydrogen-bond acceptors (Lipinski definition) is 4. The number of benzene rings is 1. The average molecular weight is 305 g/mol. The monoisotopic (exact) mass is 305 g/mol. The molecule has 0 radical (unpaired) electrons. The Bertz CT molecular complexity index is 634. The highest BCUT2D eigenvalue weighted by molar-refractivity contribution is 7.90. The summed E-state index contributed by atoms with van der Waals surface area (Å²) in [5, 5.41) is 0. The van der Waals surface area contributed by atoms with Crippen LogP contribution in [0.4, 0.5) is 8.78 Å². The fourth-order valence-corrected chi connectivity index (χ4v) is 3.54. The Morgan fingerprint density at radius 3 is 2.35 bits per heavy atom. The highest BCUT2D eigenvalue weighted by atomic mass is 32.2. The molecule has 0 spiro atoms. The van der Waals surface area contributed by atoms with Crippen LogP contribution in [0.15, 0.2) is 11.0 Å². The highest BCUT2D eigenvalue weighted by Gasteiger charge is 2.42. The van der Waals surface area contributed by atoms with E-state index in [1.165, 1.54) is 7.11 Å². The molecule has 0 amide bonds. The highest BCUT2D eigenvalue weighted by Crippen LogP contribution is 2.48. The third-order valence-electron chi connectivity index (χ3n) is 3.98. The van der Waals surface area contributed by atoms with E-state index in [1.807, 2.05) is 0 Å². The second-order valence-electron chi connectivity index (χ2n) is 5.19. The summed E-state index contributed by atoms with van der Waals surface area (Å²) in [6, 6.07) is 1.05. The number of nitrogens with two attached hydrogens (primary N) is 1. The van der Waals surface area contributed by atoms with Crippen molar-refractivity contribution in [3.8, 4) is 5.75 Å². The molecule has 7 heteroatoms. The van der Waals surface area contributed by atoms with Crippen LogP contribution in [0.5, 0.6) is 5.75 Å². The van der Waals surface area contributed by atoms with Crippen LogP contribution in [0.1, 0.15) is 24.8 Å². The Kier molecular flexibility index (Phi) is 3.77. The predicted molar refractivity (Wildman–Crippen MR) is 70.6 cm³/mol. The third kappa shape index (κ3) is 2.18. The molecule has 1 aliphatic carbocycles. The minimum absolute atomic E-state index is 0.225. The summed E-state index contributed by atoms with van der Waals surface area (Å²) in [6.45, 7) is 0.237. The van der Waals surface area contributed by atoms with Crippen molar-refractivity contribution in [3.05, 3.63) is 23.3 Å². The summed E-state index contributed by atoms with van der Waals surface area (Å²) in [5.74, 6) is -2.50. The van der Waals surface area contributed by atoms with E-state index in [9.17, 15) is 17.2 Å². The lowest BCUT2D eigenvalue weighted by Crippen LogP contribution is -2.42. The second-order valence-corrected chi connectivity index (χ2v) is 7.15. The molecule has 1 fully saturated rings. The lowest BCUT2D eigenvalue weighted by molar-refractivity contribution is 0.238. The molecule has 0 atom stereocenters. The predicted octanol–water partition coefficient (Wildman–Crippen LogP) is 1.76. The SMILES string of the molecule is COc1c(C2(CN)CCC2)cc(F)c(S(C)(=O)=O)c1F. The first-order valence-corrected chi connectivity index (χ1v) is 8.12. The van der Waals surface area contributed by atoms with Crippen molar-refractivity contribution in [2.24, 2.45) is 5.73 Å². The Labute approximate surface area is 116 Å². The summed E-state index contributed by atoms with van der Waals surface area (Å²) >= 11 is 0. The number of ether oxygens (including phenoxy) is 1. The van der Waals surface area contributed by atoms with Gasteiger partial charge in [0.15, 0.2) is 21.4 Å². The van der Waals surface area contributed by atoms with Crippen molar-refractivity contribution in [1.29, 1.82) is 0 Å². The van der Waals surface area contributed by atoms with E-state index in [2.05, 4.69) is 0 Å². The van der Waals surface area contributed by atoms with Gasteiger partial charge in [-0.2, -0.15) is 0 Å². The molecule has 0 saturated heterocycles. The van der Waals surface area contributed by atoms with Crippen LogP contribution in [0.25, 0.3) is 0 Å². The Morgan fingerprint density at radius 1 is 1.40 bits per heavy atom. The first-order chi connectivity index (χ1) is 9.27. The average Bonchev–Trinajstić information content (AvgIpc) is 2.26. The van der Waals surface area contributed by atoms with Crippen LogP contribution < -0.4 is 10.5 Å². The van der Waals surface area contributed by atoms with Crippen molar-refractivity contribution in [1.82, 2.24) is 0 Å². The lowest BCUT2D eigenvalue weighted by Gasteiger charge is -2.42. The second kappa shape index (κ2) is 4.96. The summed E-state index contributed by atoms with van der Waals surface area (Å²) in [6.07, 6.45) is 3.08. The van der Waals surface area contributed by atoms with Gasteiger partial charge >= 0.3 is 0 Å². The van der Waals surface area contributed by atoms with Gasteiger partial charge in [-0.05, 0) is 18.9 Å². The molecule has 0 aliphatic heterocycles. The number of methoxy groups -OCH3 is 1. The van der Waals surface area contributed by atoms with Crippen molar-refractivity contribution >= 4 is 9.84 Å². The van der Waals surface area contributed by atoms with Crippen LogP contribution in [-0.4, -0.2) is 28.3 Å². The van der Waals surface area contributed by atoms with Gasteiger partial charge in [0, 0.05) is 23.8 Å². The maximum atomic E-state index is 14.3. The largest absolute Gasteiger partial charge is 0.493 e. The number of halogens is 2. The molecule has 1 aliphatic rings. The fraction of sp³-hybridized carbons (Fsp3) is 0.538. The zero-order valence-corrected chi connectivity index (χ0v) is 12.2. The molecule has 4 nitrogen and oxygen atoms in total. The topological polar surface area (TPSA) is 69.4 Å². The Balaban J connectivity index is 2.74. The molecule has 0 heterocycles. The molecule has 0 unspecified atom stereocenters.